The molecule has 7 nitrogen and oxygen atoms in total. The van der Waals surface area contributed by atoms with E-state index in [0.29, 0.717) is 18.8 Å². The van der Waals surface area contributed by atoms with Crippen molar-refractivity contribution in [3.8, 4) is 0 Å². The molecule has 0 aromatic rings. The molecule has 2 N–H and O–H groups in total. The molecule has 4 aliphatic rings. The molecule has 0 amide bonds. The van der Waals surface area contributed by atoms with Gasteiger partial charge in [-0.3, -0.25) is 14.4 Å². The van der Waals surface area contributed by atoms with Crippen molar-refractivity contribution in [1.82, 2.24) is 0 Å². The lowest BCUT2D eigenvalue weighted by Gasteiger charge is -2.62. The zero-order valence-electron chi connectivity index (χ0n) is 19.8. The molecule has 0 radical (unpaired) electrons. The van der Waals surface area contributed by atoms with Crippen LogP contribution in [0.25, 0.3) is 0 Å². The van der Waals surface area contributed by atoms with Gasteiger partial charge in [0.25, 0.3) is 0 Å². The molecule has 0 bridgehead atoms. The van der Waals surface area contributed by atoms with Crippen LogP contribution >= 0.6 is 0 Å². The van der Waals surface area contributed by atoms with Gasteiger partial charge >= 0.3 is 11.9 Å². The second kappa shape index (κ2) is 8.08. The Kier molecular flexibility index (Phi) is 5.98. The maximum Gasteiger partial charge on any atom is 0.303 e. The van der Waals surface area contributed by atoms with Gasteiger partial charge in [-0.15, -0.1) is 0 Å². The number of Topliss-reactive ketones (excluding diaryl/α,β-unsaturated/α-hetero) is 1. The van der Waals surface area contributed by atoms with E-state index in [2.05, 4.69) is 6.92 Å². The standard InChI is InChI=1S/C25H38O7/c1-14(26)31-13-21(29)25(30)10-8-19-18-6-5-16-11-17(32-15(2)27)7-9-23(16,3)22(18)20(28)12-24(19,25)4/h16-20,22,28,30H,5-13H2,1-4H3/t16?,17-,18+,19+,20-,22-,23+,24+,25+/m1/s1. The van der Waals surface area contributed by atoms with Crippen molar-refractivity contribution in [2.24, 2.45) is 34.5 Å². The molecule has 0 heterocycles. The largest absolute Gasteiger partial charge is 0.463 e. The van der Waals surface area contributed by atoms with Crippen LogP contribution < -0.4 is 0 Å². The zero-order valence-corrected chi connectivity index (χ0v) is 19.8. The number of rotatable bonds is 4. The quantitative estimate of drug-likeness (QED) is 0.634. The smallest absolute Gasteiger partial charge is 0.303 e. The van der Waals surface area contributed by atoms with Crippen molar-refractivity contribution >= 4 is 17.7 Å². The topological polar surface area (TPSA) is 110 Å². The number of aliphatic hydroxyl groups excluding tert-OH is 1. The van der Waals surface area contributed by atoms with Gasteiger partial charge in [0.2, 0.25) is 5.78 Å². The van der Waals surface area contributed by atoms with E-state index in [0.717, 1.165) is 38.5 Å². The van der Waals surface area contributed by atoms with Crippen molar-refractivity contribution in [3.63, 3.8) is 0 Å². The maximum atomic E-state index is 13.0. The molecule has 7 heteroatoms. The van der Waals surface area contributed by atoms with Crippen LogP contribution in [0.2, 0.25) is 0 Å². The highest BCUT2D eigenvalue weighted by molar-refractivity contribution is 5.91. The monoisotopic (exact) mass is 450 g/mol. The van der Waals surface area contributed by atoms with Crippen molar-refractivity contribution in [2.75, 3.05) is 6.61 Å². The molecule has 32 heavy (non-hydrogen) atoms. The third-order valence-corrected chi connectivity index (χ3v) is 9.90. The number of carbonyl (C=O) groups excluding carboxylic acids is 3. The van der Waals surface area contributed by atoms with E-state index in [9.17, 15) is 24.6 Å². The zero-order chi connectivity index (χ0) is 23.5. The summed E-state index contributed by atoms with van der Waals surface area (Å²) < 4.78 is 10.4. The molecule has 0 saturated heterocycles. The predicted molar refractivity (Wildman–Crippen MR) is 115 cm³/mol. The number of carbonyl (C=O) groups is 3. The third-order valence-electron chi connectivity index (χ3n) is 9.90. The molecule has 4 rings (SSSR count). The molecule has 9 atom stereocenters. The maximum absolute atomic E-state index is 13.0. The highest BCUT2D eigenvalue weighted by atomic mass is 16.5. The average molecular weight is 451 g/mol. The van der Waals surface area contributed by atoms with E-state index in [4.69, 9.17) is 9.47 Å². The van der Waals surface area contributed by atoms with Gasteiger partial charge in [0.15, 0.2) is 6.61 Å². The summed E-state index contributed by atoms with van der Waals surface area (Å²) in [5, 5.41) is 23.0. The summed E-state index contributed by atoms with van der Waals surface area (Å²) >= 11 is 0. The first-order valence-electron chi connectivity index (χ1n) is 12.2. The molecule has 0 aliphatic heterocycles. The Morgan fingerprint density at radius 2 is 1.72 bits per heavy atom. The first kappa shape index (κ1) is 23.7. The summed E-state index contributed by atoms with van der Waals surface area (Å²) in [5.41, 5.74) is -2.35. The Balaban J connectivity index is 1.57. The van der Waals surface area contributed by atoms with Crippen LogP contribution in [0, 0.1) is 34.5 Å². The van der Waals surface area contributed by atoms with Crippen LogP contribution in [0.4, 0.5) is 0 Å². The molecule has 0 spiro atoms. The van der Waals surface area contributed by atoms with Crippen LogP contribution in [-0.2, 0) is 23.9 Å². The number of hydrogen-bond acceptors (Lipinski definition) is 7. The first-order valence-corrected chi connectivity index (χ1v) is 12.2. The molecule has 0 aromatic carbocycles. The van der Waals surface area contributed by atoms with Crippen LogP contribution in [0.5, 0.6) is 0 Å². The van der Waals surface area contributed by atoms with Gasteiger partial charge in [-0.25, -0.2) is 0 Å². The molecule has 4 aliphatic carbocycles. The van der Waals surface area contributed by atoms with E-state index in [1.54, 1.807) is 0 Å². The lowest BCUT2D eigenvalue weighted by Crippen LogP contribution is -2.63. The van der Waals surface area contributed by atoms with Gasteiger partial charge in [-0.05, 0) is 80.5 Å². The number of ether oxygens (including phenoxy) is 2. The van der Waals surface area contributed by atoms with Gasteiger partial charge in [0.05, 0.1) is 6.10 Å². The van der Waals surface area contributed by atoms with E-state index < -0.39 is 35.5 Å². The minimum atomic E-state index is -1.58. The van der Waals surface area contributed by atoms with E-state index >= 15 is 0 Å². The normalized spacial score (nSPS) is 47.6. The Bertz CT molecular complexity index is 795. The minimum absolute atomic E-state index is 0.0383. The van der Waals surface area contributed by atoms with Gasteiger partial charge in [-0.2, -0.15) is 0 Å². The minimum Gasteiger partial charge on any atom is -0.463 e. The van der Waals surface area contributed by atoms with Gasteiger partial charge in [-0.1, -0.05) is 13.8 Å². The second-order valence-corrected chi connectivity index (χ2v) is 11.4. The van der Waals surface area contributed by atoms with Gasteiger partial charge in [0, 0.05) is 19.3 Å². The molecule has 1 unspecified atom stereocenters. The van der Waals surface area contributed by atoms with E-state index in [1.165, 1.54) is 13.8 Å². The van der Waals surface area contributed by atoms with Crippen molar-refractivity contribution in [1.29, 1.82) is 0 Å². The number of fused-ring (bicyclic) bond motifs is 5. The summed E-state index contributed by atoms with van der Waals surface area (Å²) in [6, 6.07) is 0. The highest BCUT2D eigenvalue weighted by Gasteiger charge is 2.68. The fourth-order valence-electron chi connectivity index (χ4n) is 8.44. The van der Waals surface area contributed by atoms with Crippen molar-refractivity contribution in [3.05, 3.63) is 0 Å². The lowest BCUT2D eigenvalue weighted by molar-refractivity contribution is -0.205. The first-order chi connectivity index (χ1) is 14.9. The van der Waals surface area contributed by atoms with Crippen molar-refractivity contribution < 1.29 is 34.1 Å². The van der Waals surface area contributed by atoms with Crippen LogP contribution in [0.1, 0.15) is 79.1 Å². The summed E-state index contributed by atoms with van der Waals surface area (Å²) in [7, 11) is 0. The number of ketones is 1. The Labute approximate surface area is 190 Å². The summed E-state index contributed by atoms with van der Waals surface area (Å²) in [6.45, 7) is 6.52. The third kappa shape index (κ3) is 3.51. The fraction of sp³-hybridized carbons (Fsp3) is 0.880. The fourth-order valence-corrected chi connectivity index (χ4v) is 8.44. The number of hydrogen-bond donors (Lipinski definition) is 2. The second-order valence-electron chi connectivity index (χ2n) is 11.4. The Hall–Kier alpha value is -1.47. The lowest BCUT2D eigenvalue weighted by atomic mass is 9.43. The van der Waals surface area contributed by atoms with Crippen LogP contribution in [0.15, 0.2) is 0 Å². The van der Waals surface area contributed by atoms with E-state index in [-0.39, 0.29) is 35.2 Å². The molecule has 0 aromatic heterocycles. The molecule has 180 valence electrons. The number of esters is 2. The summed E-state index contributed by atoms with van der Waals surface area (Å²) in [4.78, 5) is 35.6. The Morgan fingerprint density at radius 1 is 1.00 bits per heavy atom. The van der Waals surface area contributed by atoms with Crippen molar-refractivity contribution in [2.45, 2.75) is 96.9 Å². The average Bonchev–Trinajstić information content (AvgIpc) is 2.97. The molecule has 4 saturated carbocycles. The summed E-state index contributed by atoms with van der Waals surface area (Å²) in [6.07, 6.45) is 5.34. The SMILES string of the molecule is CC(=O)OCC(=O)[C@@]1(O)CC[C@H]2[C@@H]3CCC4C[C@H](OC(C)=O)CC[C@]4(C)[C@H]3[C@H](O)C[C@@]21C. The highest BCUT2D eigenvalue weighted by Crippen LogP contribution is 2.68. The molecular formula is C25H38O7. The van der Waals surface area contributed by atoms with Gasteiger partial charge < -0.3 is 19.7 Å². The number of aliphatic hydroxyl groups is 2. The molecular weight excluding hydrogens is 412 g/mol. The summed E-state index contributed by atoms with van der Waals surface area (Å²) in [5.74, 6) is -0.331. The van der Waals surface area contributed by atoms with Crippen LogP contribution in [0.3, 0.4) is 0 Å². The molecule has 4 fully saturated rings. The predicted octanol–water partition coefficient (Wildman–Crippen LogP) is 2.79. The van der Waals surface area contributed by atoms with E-state index in [1.807, 2.05) is 6.92 Å². The Morgan fingerprint density at radius 3 is 2.38 bits per heavy atom. The van der Waals surface area contributed by atoms with Gasteiger partial charge in [0.1, 0.15) is 11.7 Å². The van der Waals surface area contributed by atoms with Crippen LogP contribution in [-0.4, -0.2) is 52.4 Å².